The monoisotopic (exact) mass is 463 g/mol. The van der Waals surface area contributed by atoms with Gasteiger partial charge in [-0.05, 0) is 48.7 Å². The molecule has 0 aliphatic carbocycles. The highest BCUT2D eigenvalue weighted by atomic mass is 19.2. The molecule has 7 heteroatoms. The van der Waals surface area contributed by atoms with E-state index in [2.05, 4.69) is 15.2 Å². The first kappa shape index (κ1) is 22.5. The molecule has 5 nitrogen and oxygen atoms in total. The molecule has 176 valence electrons. The van der Waals surface area contributed by atoms with Gasteiger partial charge in [0.1, 0.15) is 12.4 Å². The van der Waals surface area contributed by atoms with Gasteiger partial charge in [0.25, 0.3) is 0 Å². The normalized spacial score (nSPS) is 22.6. The summed E-state index contributed by atoms with van der Waals surface area (Å²) in [5, 5.41) is 3.22. The molecular weight excluding hydrogens is 436 g/mol. The fraction of sp³-hybridized carbons (Fsp3) is 0.333. The van der Waals surface area contributed by atoms with Crippen molar-refractivity contribution in [3.05, 3.63) is 95.3 Å². The number of halogens is 2. The number of aromatic nitrogens is 1. The molecule has 0 unspecified atom stereocenters. The number of nitrogens with one attached hydrogen (secondary N) is 1. The zero-order valence-corrected chi connectivity index (χ0v) is 18.8. The van der Waals surface area contributed by atoms with E-state index in [0.717, 1.165) is 29.8 Å². The highest BCUT2D eigenvalue weighted by molar-refractivity contribution is 5.78. The second-order valence-corrected chi connectivity index (χ2v) is 9.17. The van der Waals surface area contributed by atoms with Gasteiger partial charge >= 0.3 is 0 Å². The lowest BCUT2D eigenvalue weighted by atomic mass is 9.76. The molecule has 1 spiro atoms. The number of para-hydroxylation sites is 1. The Hall–Kier alpha value is -3.32. The smallest absolute Gasteiger partial charge is 0.220 e. The van der Waals surface area contributed by atoms with Crippen molar-refractivity contribution in [1.29, 1.82) is 0 Å². The Morgan fingerprint density at radius 2 is 1.94 bits per heavy atom. The summed E-state index contributed by atoms with van der Waals surface area (Å²) in [4.78, 5) is 19.0. The maximum Gasteiger partial charge on any atom is 0.220 e. The molecule has 2 aliphatic heterocycles. The van der Waals surface area contributed by atoms with E-state index in [9.17, 15) is 13.6 Å². The average molecular weight is 464 g/mol. The number of pyridine rings is 1. The first-order valence-electron chi connectivity index (χ1n) is 11.6. The first-order chi connectivity index (χ1) is 16.5. The third-order valence-corrected chi connectivity index (χ3v) is 6.84. The van der Waals surface area contributed by atoms with Gasteiger partial charge in [-0.3, -0.25) is 14.7 Å². The van der Waals surface area contributed by atoms with Crippen molar-refractivity contribution in [3.63, 3.8) is 0 Å². The van der Waals surface area contributed by atoms with E-state index in [-0.39, 0.29) is 11.8 Å². The Balaban J connectivity index is 1.38. The fourth-order valence-electron chi connectivity index (χ4n) is 5.28. The highest BCUT2D eigenvalue weighted by Gasteiger charge is 2.49. The van der Waals surface area contributed by atoms with Gasteiger partial charge in [0, 0.05) is 43.7 Å². The van der Waals surface area contributed by atoms with Gasteiger partial charge in [0.15, 0.2) is 11.6 Å². The number of hydrogen-bond donors (Lipinski definition) is 1. The Morgan fingerprint density at radius 3 is 2.74 bits per heavy atom. The van der Waals surface area contributed by atoms with Gasteiger partial charge in [0.2, 0.25) is 5.91 Å². The van der Waals surface area contributed by atoms with E-state index < -0.39 is 17.2 Å². The van der Waals surface area contributed by atoms with Crippen LogP contribution in [0.25, 0.3) is 0 Å². The summed E-state index contributed by atoms with van der Waals surface area (Å²) >= 11 is 0. The summed E-state index contributed by atoms with van der Waals surface area (Å²) in [7, 11) is 0. The molecule has 5 rings (SSSR count). The minimum atomic E-state index is -0.862. The molecule has 2 aromatic carbocycles. The molecule has 1 aromatic heterocycles. The predicted octanol–water partition coefficient (Wildman–Crippen LogP) is 4.58. The molecule has 0 radical (unpaired) electrons. The third-order valence-electron chi connectivity index (χ3n) is 6.84. The standard InChI is InChI=1S/C27H27F2N3O2/c28-23-11-10-19(14-24(23)29)22-16-32(18-27(22)12-5-9-26(33)31-27)15-20-6-1-2-8-25(20)34-17-21-7-3-4-13-30-21/h1-4,6-8,10-11,13-14,22H,5,9,12,15-18H2,(H,31,33)/t22-,27+/m0/s1. The van der Waals surface area contributed by atoms with Crippen LogP contribution in [0.5, 0.6) is 5.75 Å². The van der Waals surface area contributed by atoms with Gasteiger partial charge in [-0.15, -0.1) is 0 Å². The molecule has 2 saturated heterocycles. The van der Waals surface area contributed by atoms with E-state index in [4.69, 9.17) is 4.74 Å². The fourth-order valence-corrected chi connectivity index (χ4v) is 5.28. The van der Waals surface area contributed by atoms with Crippen molar-refractivity contribution in [2.24, 2.45) is 0 Å². The van der Waals surface area contributed by atoms with Crippen molar-refractivity contribution in [2.45, 2.75) is 43.9 Å². The van der Waals surface area contributed by atoms with Crippen LogP contribution in [0.15, 0.2) is 66.9 Å². The van der Waals surface area contributed by atoms with Gasteiger partial charge < -0.3 is 10.1 Å². The summed E-state index contributed by atoms with van der Waals surface area (Å²) in [5.74, 6) is -1.06. The molecule has 34 heavy (non-hydrogen) atoms. The number of ether oxygens (including phenoxy) is 1. The van der Waals surface area contributed by atoms with E-state index in [1.807, 2.05) is 42.5 Å². The number of carbonyl (C=O) groups is 1. The van der Waals surface area contributed by atoms with E-state index >= 15 is 0 Å². The number of hydrogen-bond acceptors (Lipinski definition) is 4. The second kappa shape index (κ2) is 9.50. The van der Waals surface area contributed by atoms with Gasteiger partial charge in [-0.2, -0.15) is 0 Å². The average Bonchev–Trinajstić information content (AvgIpc) is 3.17. The number of piperidine rings is 1. The molecule has 3 aromatic rings. The lowest BCUT2D eigenvalue weighted by Crippen LogP contribution is -2.56. The van der Waals surface area contributed by atoms with Gasteiger partial charge in [-0.25, -0.2) is 8.78 Å². The van der Waals surface area contributed by atoms with Crippen LogP contribution in [0.1, 0.15) is 42.0 Å². The molecule has 2 fully saturated rings. The van der Waals surface area contributed by atoms with Crippen LogP contribution >= 0.6 is 0 Å². The van der Waals surface area contributed by atoms with Crippen molar-refractivity contribution < 1.29 is 18.3 Å². The zero-order chi connectivity index (χ0) is 23.5. The number of nitrogens with zero attached hydrogens (tertiary/aromatic N) is 2. The molecule has 0 saturated carbocycles. The Bertz CT molecular complexity index is 1170. The Morgan fingerprint density at radius 1 is 1.09 bits per heavy atom. The van der Waals surface area contributed by atoms with Crippen LogP contribution in [0.2, 0.25) is 0 Å². The summed E-state index contributed by atoms with van der Waals surface area (Å²) in [6.07, 6.45) is 3.82. The molecule has 2 aliphatic rings. The third kappa shape index (κ3) is 4.66. The molecule has 2 atom stereocenters. The van der Waals surface area contributed by atoms with Gasteiger partial charge in [0.05, 0.1) is 11.2 Å². The number of benzene rings is 2. The Kier molecular flexibility index (Phi) is 6.28. The lowest BCUT2D eigenvalue weighted by molar-refractivity contribution is -0.125. The maximum atomic E-state index is 14.1. The van der Waals surface area contributed by atoms with Crippen LogP contribution in [0.3, 0.4) is 0 Å². The quantitative estimate of drug-likeness (QED) is 0.582. The maximum absolute atomic E-state index is 14.1. The summed E-state index contributed by atoms with van der Waals surface area (Å²) in [6.45, 7) is 2.25. The molecular formula is C27H27F2N3O2. The van der Waals surface area contributed by atoms with Crippen molar-refractivity contribution in [1.82, 2.24) is 15.2 Å². The summed E-state index contributed by atoms with van der Waals surface area (Å²) in [6, 6.07) is 17.7. The van der Waals surface area contributed by atoms with Crippen molar-refractivity contribution >= 4 is 5.91 Å². The van der Waals surface area contributed by atoms with Crippen LogP contribution < -0.4 is 10.1 Å². The number of likely N-dealkylation sites (tertiary alicyclic amines) is 1. The van der Waals surface area contributed by atoms with Crippen LogP contribution in [-0.4, -0.2) is 34.4 Å². The minimum Gasteiger partial charge on any atom is -0.487 e. The topological polar surface area (TPSA) is 54.5 Å². The molecule has 3 heterocycles. The van der Waals surface area contributed by atoms with Crippen LogP contribution in [0, 0.1) is 11.6 Å². The SMILES string of the molecule is O=C1CCC[C@]2(CN(Cc3ccccc3OCc3ccccn3)C[C@H]2c2ccc(F)c(F)c2)N1. The van der Waals surface area contributed by atoms with E-state index in [1.165, 1.54) is 12.1 Å². The molecule has 1 amide bonds. The van der Waals surface area contributed by atoms with Gasteiger partial charge in [-0.1, -0.05) is 30.3 Å². The Labute approximate surface area is 197 Å². The number of rotatable bonds is 6. The molecule has 0 bridgehead atoms. The zero-order valence-electron chi connectivity index (χ0n) is 18.8. The van der Waals surface area contributed by atoms with Crippen LogP contribution in [-0.2, 0) is 17.9 Å². The van der Waals surface area contributed by atoms with E-state index in [0.29, 0.717) is 38.2 Å². The largest absolute Gasteiger partial charge is 0.487 e. The lowest BCUT2D eigenvalue weighted by Gasteiger charge is -2.39. The number of amides is 1. The van der Waals surface area contributed by atoms with Crippen molar-refractivity contribution in [2.75, 3.05) is 13.1 Å². The number of carbonyl (C=O) groups excluding carboxylic acids is 1. The van der Waals surface area contributed by atoms with Crippen LogP contribution in [0.4, 0.5) is 8.78 Å². The van der Waals surface area contributed by atoms with Crippen molar-refractivity contribution in [3.8, 4) is 5.75 Å². The first-order valence-corrected chi connectivity index (χ1v) is 11.6. The van der Waals surface area contributed by atoms with E-state index in [1.54, 1.807) is 12.3 Å². The highest BCUT2D eigenvalue weighted by Crippen LogP contribution is 2.42. The molecule has 1 N–H and O–H groups in total. The summed E-state index contributed by atoms with van der Waals surface area (Å²) in [5.41, 5.74) is 2.09. The minimum absolute atomic E-state index is 0.0137. The summed E-state index contributed by atoms with van der Waals surface area (Å²) < 4.78 is 33.8. The predicted molar refractivity (Wildman–Crippen MR) is 124 cm³/mol. The second-order valence-electron chi connectivity index (χ2n) is 9.17.